The number of hydrazone groups is 1. The van der Waals surface area contributed by atoms with Crippen molar-refractivity contribution < 1.29 is 77.8 Å². The lowest BCUT2D eigenvalue weighted by Gasteiger charge is -2.30. The molecule has 6 rings (SSSR count). The Kier molecular flexibility index (Phi) is 13.2. The summed E-state index contributed by atoms with van der Waals surface area (Å²) in [5, 5.41) is 51.4. The zero-order valence-electron chi connectivity index (χ0n) is 32.0. The van der Waals surface area contributed by atoms with Crippen molar-refractivity contribution >= 4 is 76.8 Å². The summed E-state index contributed by atoms with van der Waals surface area (Å²) >= 11 is 0. The fraction of sp³-hybridized carbons (Fsp3) is 0.100. The van der Waals surface area contributed by atoms with Gasteiger partial charge in [-0.05, 0) is 30.3 Å². The maximum absolute atomic E-state index is 12.5. The maximum atomic E-state index is 12.5. The number of methoxy groups -OCH3 is 3. The average molecular weight is 955 g/mol. The number of tetrazole rings is 1. The summed E-state index contributed by atoms with van der Waals surface area (Å²) in [7, 11) is -12.1. The summed E-state index contributed by atoms with van der Waals surface area (Å²) in [5.41, 5.74) is -0.806. The minimum atomic E-state index is -5.21. The molecule has 0 saturated heterocycles. The van der Waals surface area contributed by atoms with Gasteiger partial charge in [0.2, 0.25) is 0 Å². The largest absolute Gasteiger partial charge is 0.744 e. The number of nitrogens with one attached hydrogen (secondary N) is 3. The molecule has 0 bridgehead atoms. The Balaban J connectivity index is 0.000000245. The van der Waals surface area contributed by atoms with E-state index in [1.54, 1.807) is 30.3 Å². The molecule has 5 aromatic rings. The van der Waals surface area contributed by atoms with Crippen LogP contribution >= 0.6 is 0 Å². The van der Waals surface area contributed by atoms with Gasteiger partial charge in [-0.25, -0.2) is 13.2 Å². The van der Waals surface area contributed by atoms with Gasteiger partial charge in [0, 0.05) is 10.4 Å². The molecule has 0 radical (unpaired) electrons. The molecule has 1 aromatic heterocycles. The topological polar surface area (TPSA) is 428 Å². The van der Waals surface area contributed by atoms with E-state index in [0.29, 0.717) is 30.0 Å². The summed E-state index contributed by atoms with van der Waals surface area (Å²) in [6, 6.07) is 11.8. The van der Waals surface area contributed by atoms with Crippen molar-refractivity contribution in [2.75, 3.05) is 36.9 Å². The number of nitro groups is 3. The van der Waals surface area contributed by atoms with Gasteiger partial charge in [-0.2, -0.15) is 22.0 Å². The second-order valence-corrected chi connectivity index (χ2v) is 16.0. The summed E-state index contributed by atoms with van der Waals surface area (Å²) in [6.45, 7) is 0. The van der Waals surface area contributed by atoms with Crippen molar-refractivity contribution in [3.63, 3.8) is 0 Å². The molecule has 34 heteroatoms. The maximum Gasteiger partial charge on any atom is 0.422 e. The fourth-order valence-electron chi connectivity index (χ4n) is 5.47. The molecule has 2 heterocycles. The van der Waals surface area contributed by atoms with Crippen LogP contribution in [0.1, 0.15) is 0 Å². The van der Waals surface area contributed by atoms with Crippen LogP contribution in [0.3, 0.4) is 0 Å². The Bertz CT molecular complexity index is 3080. The van der Waals surface area contributed by atoms with Gasteiger partial charge >= 0.3 is 32.1 Å². The number of hydrogen-bond acceptors (Lipinski definition) is 23. The van der Waals surface area contributed by atoms with E-state index in [9.17, 15) is 74.0 Å². The zero-order valence-corrected chi connectivity index (χ0v) is 34.5. The third-order valence-corrected chi connectivity index (χ3v) is 10.8. The van der Waals surface area contributed by atoms with Gasteiger partial charge in [0.1, 0.15) is 43.7 Å². The summed E-state index contributed by atoms with van der Waals surface area (Å²) in [6.07, 6.45) is 1.00. The molecule has 1 amide bonds. The van der Waals surface area contributed by atoms with Crippen LogP contribution < -0.4 is 40.3 Å². The van der Waals surface area contributed by atoms with E-state index in [1.165, 1.54) is 7.11 Å². The summed E-state index contributed by atoms with van der Waals surface area (Å²) in [4.78, 5) is 39.8. The molecule has 1 aliphatic rings. The van der Waals surface area contributed by atoms with Crippen molar-refractivity contribution in [3.8, 4) is 28.6 Å². The van der Waals surface area contributed by atoms with Crippen molar-refractivity contribution in [2.45, 2.75) is 14.7 Å². The Morgan fingerprint density at radius 3 is 1.70 bits per heavy atom. The molecule has 5 N–H and O–H groups in total. The van der Waals surface area contributed by atoms with Crippen LogP contribution in [0.5, 0.6) is 17.2 Å². The molecule has 0 saturated carbocycles. The first-order valence-corrected chi connectivity index (χ1v) is 20.8. The number of benzene rings is 4. The molecular weight excluding hydrogens is 929 g/mol. The van der Waals surface area contributed by atoms with Crippen LogP contribution in [0.15, 0.2) is 86.5 Å². The van der Waals surface area contributed by atoms with E-state index in [1.807, 2.05) is 0 Å². The lowest BCUT2D eigenvalue weighted by Crippen LogP contribution is -2.43. The van der Waals surface area contributed by atoms with Gasteiger partial charge in [0.05, 0.1) is 59.9 Å². The van der Waals surface area contributed by atoms with Crippen LogP contribution in [-0.4, -0.2) is 102 Å². The molecule has 31 nitrogen and oxygen atoms in total. The smallest absolute Gasteiger partial charge is 0.422 e. The van der Waals surface area contributed by atoms with E-state index in [4.69, 9.17) is 14.2 Å². The highest BCUT2D eigenvalue weighted by Gasteiger charge is 2.36. The number of carbonyl (C=O) groups is 1. The predicted octanol–water partition coefficient (Wildman–Crippen LogP) is 1.36. The minimum absolute atomic E-state index is 0.152. The molecule has 0 atom stereocenters. The molecule has 0 fully saturated rings. The van der Waals surface area contributed by atoms with Gasteiger partial charge in [-0.1, -0.05) is 18.2 Å². The molecule has 0 aliphatic carbocycles. The van der Waals surface area contributed by atoms with Gasteiger partial charge < -0.3 is 18.8 Å². The predicted molar refractivity (Wildman–Crippen MR) is 210 cm³/mol. The third-order valence-electron chi connectivity index (χ3n) is 8.17. The standard InChI is InChI=1S/C15H14N6O12S2.C15H12N6O7S/c1-32-12-3-10(20(22)23)14(34(26,27)28)5-8(12)18-16-7-17-19(18)9-6-15(35(29,30)31)11(21(24)25)4-13(9)33-2;1-28-12-8-11(21(23)24)13(29(25,26)27)7-10(12)14-17-18-19-20(14)15(22)16-9-5-3-2-4-6-9/h3-7H,1-2H3,(H,16,17)(H,26,27,28)(H,29,30,31);2-8H,1H3,(H,16,22)(H,25,26,27). The summed E-state index contributed by atoms with van der Waals surface area (Å²) in [5.74, 6) is -0.972. The highest BCUT2D eigenvalue weighted by atomic mass is 32.2. The Morgan fingerprint density at radius 1 is 0.734 bits per heavy atom. The van der Waals surface area contributed by atoms with Gasteiger partial charge in [-0.15, -0.1) is 15.3 Å². The van der Waals surface area contributed by atoms with Crippen LogP contribution in [0.2, 0.25) is 0 Å². The number of rotatable bonds is 13. The Labute approximate surface area is 356 Å². The van der Waals surface area contributed by atoms with Crippen molar-refractivity contribution in [1.82, 2.24) is 20.5 Å². The fourth-order valence-corrected chi connectivity index (χ4v) is 7.44. The van der Waals surface area contributed by atoms with E-state index in [0.717, 1.165) is 47.6 Å². The van der Waals surface area contributed by atoms with Crippen LogP contribution in [0.25, 0.3) is 11.4 Å². The number of ether oxygens (including phenoxy) is 3. The Morgan fingerprint density at radius 2 is 1.22 bits per heavy atom. The van der Waals surface area contributed by atoms with Gasteiger partial charge in [-0.3, -0.25) is 50.2 Å². The van der Waals surface area contributed by atoms with Crippen molar-refractivity contribution in [1.29, 1.82) is 0 Å². The van der Waals surface area contributed by atoms with Crippen LogP contribution in [-0.2, 0) is 30.4 Å². The number of para-hydroxylation sites is 1. The van der Waals surface area contributed by atoms with E-state index < -0.39 is 82.9 Å². The van der Waals surface area contributed by atoms with E-state index in [-0.39, 0.29) is 40.0 Å². The first-order valence-electron chi connectivity index (χ1n) is 16.5. The normalized spacial score (nSPS) is 12.4. The number of H-pyrrole nitrogens is 1. The first-order chi connectivity index (χ1) is 29.9. The second kappa shape index (κ2) is 18.0. The lowest BCUT2D eigenvalue weighted by atomic mass is 10.1. The number of nitrogens with zero attached hydrogens (tertiary/aromatic N) is 9. The quantitative estimate of drug-likeness (QED) is 0.0560. The van der Waals surface area contributed by atoms with Crippen LogP contribution in [0, 0.1) is 30.3 Å². The number of amides is 1. The number of aromatic nitrogens is 4. The number of hydrogen-bond donors (Lipinski definition) is 4. The average Bonchev–Trinajstić information content (AvgIpc) is 3.93. The third kappa shape index (κ3) is 9.79. The molecular formula is C30H26N12O19S3. The number of nitro benzene ring substituents is 3. The monoisotopic (exact) mass is 954 g/mol. The Hall–Kier alpha value is -8.18. The number of anilines is 3. The number of hydrazine groups is 2. The molecule has 1 aliphatic heterocycles. The molecule has 338 valence electrons. The molecule has 4 aromatic carbocycles. The number of aromatic amines is 1. The highest BCUT2D eigenvalue weighted by Crippen LogP contribution is 2.43. The number of carbonyl (C=O) groups excluding carboxylic acids is 1. The van der Waals surface area contributed by atoms with Crippen molar-refractivity contribution in [2.24, 2.45) is 5.10 Å². The summed E-state index contributed by atoms with van der Waals surface area (Å²) < 4.78 is 117. The zero-order chi connectivity index (χ0) is 47.5. The second-order valence-electron chi connectivity index (χ2n) is 11.9. The molecule has 64 heavy (non-hydrogen) atoms. The van der Waals surface area contributed by atoms with Crippen LogP contribution in [0.4, 0.5) is 38.9 Å². The van der Waals surface area contributed by atoms with E-state index in [2.05, 4.69) is 31.4 Å². The van der Waals surface area contributed by atoms with Gasteiger partial charge in [0.25, 0.3) is 17.1 Å². The van der Waals surface area contributed by atoms with E-state index >= 15 is 0 Å². The van der Waals surface area contributed by atoms with Crippen molar-refractivity contribution in [3.05, 3.63) is 97.1 Å². The molecule has 0 spiro atoms. The SMILES string of the molecule is COc1cc([N+](=O)[O-])c(S(=O)(=O)O)cc1N1N=CNN1c1cc(S(=O)(=O)O)c([N+](=O)[O-])cc1OC.COc1cc([N+](=O)[O-])c(S(=O)(=O)[O-])cc1-c1[nH+]nnn1C(=O)Nc1ccccc1. The van der Waals surface area contributed by atoms with Gasteiger partial charge in [0.15, 0.2) is 26.5 Å². The molecule has 0 unspecified atom stereocenters. The highest BCUT2D eigenvalue weighted by molar-refractivity contribution is 7.86. The lowest BCUT2D eigenvalue weighted by molar-refractivity contribution is -0.444. The first kappa shape index (κ1) is 46.9. The minimum Gasteiger partial charge on any atom is -0.744 e.